The highest BCUT2D eigenvalue weighted by atomic mass is 15.3. The molecule has 6 heteroatoms. The van der Waals surface area contributed by atoms with Gasteiger partial charge in [-0.3, -0.25) is 0 Å². The molecule has 25 heavy (non-hydrogen) atoms. The Morgan fingerprint density at radius 2 is 1.88 bits per heavy atom. The molecular weight excluding hydrogens is 312 g/mol. The van der Waals surface area contributed by atoms with Gasteiger partial charge in [0.15, 0.2) is 5.82 Å². The van der Waals surface area contributed by atoms with Gasteiger partial charge in [0.25, 0.3) is 0 Å². The van der Waals surface area contributed by atoms with E-state index in [2.05, 4.69) is 50.3 Å². The summed E-state index contributed by atoms with van der Waals surface area (Å²) in [6.07, 6.45) is 6.85. The molecule has 6 nitrogen and oxygen atoms in total. The predicted molar refractivity (Wildman–Crippen MR) is 97.3 cm³/mol. The Hall–Kier alpha value is -2.76. The molecule has 4 rings (SSSR count). The average molecular weight is 334 g/mol. The lowest BCUT2D eigenvalue weighted by atomic mass is 9.92. The van der Waals surface area contributed by atoms with Crippen molar-refractivity contribution < 1.29 is 0 Å². The summed E-state index contributed by atoms with van der Waals surface area (Å²) in [5.74, 6) is 2.17. The Balaban J connectivity index is 1.52. The number of hydrogen-bond acceptors (Lipinski definition) is 5. The maximum Gasteiger partial charge on any atom is 0.225 e. The highest BCUT2D eigenvalue weighted by Crippen LogP contribution is 2.29. The van der Waals surface area contributed by atoms with Crippen LogP contribution < -0.4 is 4.90 Å². The topological polar surface area (TPSA) is 59.7 Å². The van der Waals surface area contributed by atoms with Crippen molar-refractivity contribution in [2.45, 2.75) is 25.2 Å². The van der Waals surface area contributed by atoms with E-state index in [0.29, 0.717) is 5.92 Å². The van der Waals surface area contributed by atoms with Crippen LogP contribution in [0.25, 0.3) is 11.5 Å². The lowest BCUT2D eigenvalue weighted by Crippen LogP contribution is -2.26. The molecule has 1 atom stereocenters. The van der Waals surface area contributed by atoms with Gasteiger partial charge in [-0.2, -0.15) is 5.10 Å². The highest BCUT2D eigenvalue weighted by Gasteiger charge is 2.20. The van der Waals surface area contributed by atoms with Crippen LogP contribution in [0.3, 0.4) is 0 Å². The van der Waals surface area contributed by atoms with Crippen LogP contribution in [0.2, 0.25) is 0 Å². The van der Waals surface area contributed by atoms with Gasteiger partial charge >= 0.3 is 0 Å². The fraction of sp³-hybridized carbons (Fsp3) is 0.368. The second-order valence-corrected chi connectivity index (χ2v) is 6.47. The van der Waals surface area contributed by atoms with Gasteiger partial charge in [0, 0.05) is 26.3 Å². The minimum absolute atomic E-state index is 0.619. The number of aromatic nitrogens is 5. The molecule has 1 aromatic carbocycles. The molecule has 0 spiro atoms. The number of nitrogens with zero attached hydrogens (tertiary/aromatic N) is 6. The van der Waals surface area contributed by atoms with Crippen molar-refractivity contribution >= 4 is 5.95 Å². The monoisotopic (exact) mass is 334 g/mol. The van der Waals surface area contributed by atoms with Crippen LogP contribution >= 0.6 is 0 Å². The molecule has 3 aromatic rings. The van der Waals surface area contributed by atoms with Gasteiger partial charge in [-0.1, -0.05) is 30.3 Å². The zero-order valence-corrected chi connectivity index (χ0v) is 14.4. The van der Waals surface area contributed by atoms with Crippen LogP contribution in [0, 0.1) is 0 Å². The molecule has 128 valence electrons. The highest BCUT2D eigenvalue weighted by molar-refractivity contribution is 5.51. The van der Waals surface area contributed by atoms with Crippen LogP contribution in [-0.4, -0.2) is 37.8 Å². The second kappa shape index (κ2) is 7.01. The van der Waals surface area contributed by atoms with Gasteiger partial charge in [-0.15, -0.1) is 0 Å². The van der Waals surface area contributed by atoms with Gasteiger partial charge in [0.05, 0.1) is 0 Å². The van der Waals surface area contributed by atoms with Crippen molar-refractivity contribution in [3.8, 4) is 11.5 Å². The van der Waals surface area contributed by atoms with Crippen molar-refractivity contribution in [2.24, 2.45) is 7.05 Å². The Morgan fingerprint density at radius 1 is 1.00 bits per heavy atom. The molecule has 2 aromatic heterocycles. The number of benzene rings is 1. The molecular formula is C19H22N6. The van der Waals surface area contributed by atoms with Crippen LogP contribution in [0.15, 0.2) is 48.9 Å². The molecule has 1 aliphatic heterocycles. The van der Waals surface area contributed by atoms with E-state index in [1.807, 2.05) is 19.3 Å². The molecule has 1 fully saturated rings. The lowest BCUT2D eigenvalue weighted by Gasteiger charge is -2.21. The van der Waals surface area contributed by atoms with Gasteiger partial charge in [0.2, 0.25) is 5.95 Å². The first-order valence-corrected chi connectivity index (χ1v) is 8.78. The zero-order chi connectivity index (χ0) is 17.1. The maximum absolute atomic E-state index is 4.73. The van der Waals surface area contributed by atoms with E-state index in [4.69, 9.17) is 4.98 Å². The van der Waals surface area contributed by atoms with Crippen molar-refractivity contribution in [3.63, 3.8) is 0 Å². The summed E-state index contributed by atoms with van der Waals surface area (Å²) < 4.78 is 1.74. The summed E-state index contributed by atoms with van der Waals surface area (Å²) in [7, 11) is 1.88. The van der Waals surface area contributed by atoms with Gasteiger partial charge in [0.1, 0.15) is 12.0 Å². The molecule has 1 aliphatic rings. The summed E-state index contributed by atoms with van der Waals surface area (Å²) in [4.78, 5) is 15.8. The first-order valence-electron chi connectivity index (χ1n) is 8.78. The Kier molecular flexibility index (Phi) is 4.41. The molecule has 0 saturated carbocycles. The number of rotatable bonds is 3. The average Bonchev–Trinajstić information content (AvgIpc) is 2.94. The maximum atomic E-state index is 4.73. The van der Waals surface area contributed by atoms with Crippen LogP contribution in [0.4, 0.5) is 5.95 Å². The van der Waals surface area contributed by atoms with E-state index in [1.54, 1.807) is 11.0 Å². The Labute approximate surface area is 147 Å². The molecule has 0 radical (unpaired) electrons. The third-order valence-electron chi connectivity index (χ3n) is 4.87. The summed E-state index contributed by atoms with van der Waals surface area (Å²) in [5, 5.41) is 4.13. The van der Waals surface area contributed by atoms with Crippen LogP contribution in [0.1, 0.15) is 30.7 Å². The standard InChI is InChI=1S/C19H22N6/c1-24-18(21-14-22-24)17-9-11-20-19(23-17)25-12-5-8-16(10-13-25)15-6-3-2-4-7-15/h2-4,6-7,9,11,14,16H,5,8,10,12-13H2,1H3. The minimum Gasteiger partial charge on any atom is -0.341 e. The van der Waals surface area contributed by atoms with E-state index in [1.165, 1.54) is 12.0 Å². The number of anilines is 1. The minimum atomic E-state index is 0.619. The van der Waals surface area contributed by atoms with Gasteiger partial charge in [-0.05, 0) is 36.8 Å². The first-order chi connectivity index (χ1) is 12.3. The molecule has 0 bridgehead atoms. The van der Waals surface area contributed by atoms with Crippen molar-refractivity contribution in [1.82, 2.24) is 24.7 Å². The summed E-state index contributed by atoms with van der Waals surface area (Å²) in [6, 6.07) is 12.7. The fourth-order valence-electron chi connectivity index (χ4n) is 3.51. The Morgan fingerprint density at radius 3 is 2.68 bits per heavy atom. The van der Waals surface area contributed by atoms with E-state index in [0.717, 1.165) is 43.4 Å². The molecule has 0 N–H and O–H groups in total. The molecule has 0 aliphatic carbocycles. The summed E-state index contributed by atoms with van der Waals surface area (Å²) >= 11 is 0. The third kappa shape index (κ3) is 3.38. The van der Waals surface area contributed by atoms with E-state index in [9.17, 15) is 0 Å². The third-order valence-corrected chi connectivity index (χ3v) is 4.87. The van der Waals surface area contributed by atoms with Crippen molar-refractivity contribution in [2.75, 3.05) is 18.0 Å². The van der Waals surface area contributed by atoms with Crippen molar-refractivity contribution in [1.29, 1.82) is 0 Å². The molecule has 1 unspecified atom stereocenters. The van der Waals surface area contributed by atoms with Crippen molar-refractivity contribution in [3.05, 3.63) is 54.5 Å². The quantitative estimate of drug-likeness (QED) is 0.737. The van der Waals surface area contributed by atoms with Gasteiger partial charge in [-0.25, -0.2) is 19.6 Å². The SMILES string of the molecule is Cn1ncnc1-c1ccnc(N2CCCC(c3ccccc3)CC2)n1. The summed E-state index contributed by atoms with van der Waals surface area (Å²) in [5.41, 5.74) is 2.26. The molecule has 3 heterocycles. The van der Waals surface area contributed by atoms with E-state index < -0.39 is 0 Å². The smallest absolute Gasteiger partial charge is 0.225 e. The van der Waals surface area contributed by atoms with E-state index >= 15 is 0 Å². The number of aryl methyl sites for hydroxylation is 1. The zero-order valence-electron chi connectivity index (χ0n) is 14.4. The van der Waals surface area contributed by atoms with Crippen LogP contribution in [0.5, 0.6) is 0 Å². The first kappa shape index (κ1) is 15.7. The second-order valence-electron chi connectivity index (χ2n) is 6.47. The van der Waals surface area contributed by atoms with E-state index in [-0.39, 0.29) is 0 Å². The molecule has 0 amide bonds. The predicted octanol–water partition coefficient (Wildman–Crippen LogP) is 3.05. The number of hydrogen-bond donors (Lipinski definition) is 0. The van der Waals surface area contributed by atoms with Gasteiger partial charge < -0.3 is 4.90 Å². The largest absolute Gasteiger partial charge is 0.341 e. The fourth-order valence-corrected chi connectivity index (χ4v) is 3.51. The van der Waals surface area contributed by atoms with Crippen LogP contribution in [-0.2, 0) is 7.05 Å². The molecule has 1 saturated heterocycles. The summed E-state index contributed by atoms with van der Waals surface area (Å²) in [6.45, 7) is 1.97. The Bertz CT molecular complexity index is 829. The normalized spacial score (nSPS) is 18.1. The lowest BCUT2D eigenvalue weighted by molar-refractivity contribution is 0.611.